The molecule has 4 nitrogen and oxygen atoms in total. The van der Waals surface area contributed by atoms with Crippen LogP contribution in [0.5, 0.6) is 0 Å². The Labute approximate surface area is 184 Å². The summed E-state index contributed by atoms with van der Waals surface area (Å²) in [5.41, 5.74) is 5.64. The molecule has 0 saturated carbocycles. The molecule has 3 aromatic carbocycles. The molecule has 0 atom stereocenters. The van der Waals surface area contributed by atoms with Crippen molar-refractivity contribution in [3.8, 4) is 0 Å². The molecule has 1 aromatic heterocycles. The van der Waals surface area contributed by atoms with Gasteiger partial charge in [-0.25, -0.2) is 4.98 Å². The van der Waals surface area contributed by atoms with Crippen LogP contribution in [-0.2, 0) is 17.1 Å². The van der Waals surface area contributed by atoms with Crippen molar-refractivity contribution in [3.05, 3.63) is 89.5 Å². The Morgan fingerprint density at radius 1 is 0.967 bits per heavy atom. The third-order valence-corrected chi connectivity index (χ3v) is 6.90. The van der Waals surface area contributed by atoms with E-state index in [1.165, 1.54) is 11.1 Å². The number of nitrogens with one attached hydrogen (secondary N) is 2. The number of amides is 1. The van der Waals surface area contributed by atoms with Gasteiger partial charge in [-0.05, 0) is 41.8 Å². The molecule has 6 heteroatoms. The average Bonchev–Trinajstić information content (AvgIpc) is 3.20. The fourth-order valence-electron chi connectivity index (χ4n) is 3.11. The predicted molar refractivity (Wildman–Crippen MR) is 126 cm³/mol. The lowest BCUT2D eigenvalue weighted by molar-refractivity contribution is -0.118. The first-order valence-corrected chi connectivity index (χ1v) is 11.8. The Kier molecular flexibility index (Phi) is 6.77. The summed E-state index contributed by atoms with van der Waals surface area (Å²) in [6.45, 7) is 2.69. The quantitative estimate of drug-likeness (QED) is 0.357. The van der Waals surface area contributed by atoms with Gasteiger partial charge in [0.05, 0.1) is 16.8 Å². The average molecular weight is 434 g/mol. The number of para-hydroxylation sites is 2. The van der Waals surface area contributed by atoms with Gasteiger partial charge < -0.3 is 10.3 Å². The topological polar surface area (TPSA) is 57.8 Å². The van der Waals surface area contributed by atoms with Gasteiger partial charge in [-0.3, -0.25) is 4.79 Å². The van der Waals surface area contributed by atoms with E-state index in [0.29, 0.717) is 12.3 Å². The van der Waals surface area contributed by atoms with E-state index < -0.39 is 0 Å². The first-order valence-electron chi connectivity index (χ1n) is 9.78. The molecule has 4 aromatic rings. The molecule has 1 heterocycles. The number of hydrogen-bond donors (Lipinski definition) is 2. The number of aromatic nitrogens is 2. The highest BCUT2D eigenvalue weighted by molar-refractivity contribution is 8.00. The second-order valence-corrected chi connectivity index (χ2v) is 8.92. The van der Waals surface area contributed by atoms with E-state index in [1.807, 2.05) is 54.6 Å². The number of benzene rings is 3. The lowest BCUT2D eigenvalue weighted by Crippen LogP contribution is -2.24. The second kappa shape index (κ2) is 9.87. The van der Waals surface area contributed by atoms with E-state index in [4.69, 9.17) is 0 Å². The summed E-state index contributed by atoms with van der Waals surface area (Å²) in [5.74, 6) is 1.29. The third-order valence-electron chi connectivity index (χ3n) is 4.82. The summed E-state index contributed by atoms with van der Waals surface area (Å²) in [6, 6.07) is 24.3. The van der Waals surface area contributed by atoms with Crippen molar-refractivity contribution < 1.29 is 4.79 Å². The molecule has 0 bridgehead atoms. The number of aromatic amines is 1. The van der Waals surface area contributed by atoms with Crippen LogP contribution >= 0.6 is 23.5 Å². The zero-order valence-electron chi connectivity index (χ0n) is 16.7. The Morgan fingerprint density at radius 3 is 2.60 bits per heavy atom. The Hall–Kier alpha value is -2.70. The molecule has 0 radical (unpaired) electrons. The van der Waals surface area contributed by atoms with E-state index in [0.717, 1.165) is 32.4 Å². The summed E-state index contributed by atoms with van der Waals surface area (Å²) in [7, 11) is 0. The van der Waals surface area contributed by atoms with Crippen LogP contribution in [0.4, 0.5) is 0 Å². The third kappa shape index (κ3) is 5.26. The van der Waals surface area contributed by atoms with Crippen LogP contribution in [0.3, 0.4) is 0 Å². The van der Waals surface area contributed by atoms with Crippen molar-refractivity contribution in [2.24, 2.45) is 0 Å². The number of H-pyrrole nitrogens is 1. The Morgan fingerprint density at radius 2 is 1.77 bits per heavy atom. The van der Waals surface area contributed by atoms with Gasteiger partial charge in [0.2, 0.25) is 5.91 Å². The molecule has 0 spiro atoms. The van der Waals surface area contributed by atoms with Crippen LogP contribution in [0.25, 0.3) is 11.0 Å². The number of hydrogen-bond acceptors (Lipinski definition) is 4. The van der Waals surface area contributed by atoms with Gasteiger partial charge in [-0.15, -0.1) is 11.8 Å². The molecule has 0 saturated heterocycles. The summed E-state index contributed by atoms with van der Waals surface area (Å²) in [5, 5.41) is 3.91. The zero-order chi connectivity index (χ0) is 20.8. The minimum atomic E-state index is 0.0466. The van der Waals surface area contributed by atoms with Crippen LogP contribution in [0.1, 0.15) is 16.7 Å². The van der Waals surface area contributed by atoms with Crippen LogP contribution in [0.15, 0.2) is 82.8 Å². The lowest BCUT2D eigenvalue weighted by atomic mass is 10.1. The Balaban J connectivity index is 1.32. The zero-order valence-corrected chi connectivity index (χ0v) is 18.4. The smallest absolute Gasteiger partial charge is 0.230 e. The highest BCUT2D eigenvalue weighted by Gasteiger charge is 2.09. The van der Waals surface area contributed by atoms with Crippen LogP contribution in [-0.4, -0.2) is 21.6 Å². The van der Waals surface area contributed by atoms with Gasteiger partial charge in [0.15, 0.2) is 5.16 Å². The first-order chi connectivity index (χ1) is 14.7. The fourth-order valence-corrected chi connectivity index (χ4v) is 4.97. The van der Waals surface area contributed by atoms with Crippen molar-refractivity contribution >= 4 is 40.5 Å². The van der Waals surface area contributed by atoms with Gasteiger partial charge in [-0.1, -0.05) is 66.4 Å². The van der Waals surface area contributed by atoms with Gasteiger partial charge in [-0.2, -0.15) is 0 Å². The number of carbonyl (C=O) groups excluding carboxylic acids is 1. The fraction of sp³-hybridized carbons (Fsp3) is 0.167. The molecule has 152 valence electrons. The highest BCUT2D eigenvalue weighted by atomic mass is 32.2. The second-order valence-electron chi connectivity index (χ2n) is 6.94. The van der Waals surface area contributed by atoms with E-state index in [-0.39, 0.29) is 5.91 Å². The van der Waals surface area contributed by atoms with Gasteiger partial charge >= 0.3 is 0 Å². The van der Waals surface area contributed by atoms with Gasteiger partial charge in [0.1, 0.15) is 0 Å². The SMILES string of the molecule is Cc1c(CSc2nc3ccccc3[nH]2)cccc1SCC(=O)NCc1ccccc1. The molecule has 0 fully saturated rings. The molecule has 0 aliphatic rings. The number of fused-ring (bicyclic) bond motifs is 1. The van der Waals surface area contributed by atoms with Gasteiger partial charge in [0.25, 0.3) is 0 Å². The number of nitrogens with zero attached hydrogens (tertiary/aromatic N) is 1. The predicted octanol–water partition coefficient (Wildman–Crippen LogP) is 5.57. The number of carbonyl (C=O) groups is 1. The number of thioether (sulfide) groups is 2. The molecule has 0 aliphatic carbocycles. The number of imidazole rings is 1. The highest BCUT2D eigenvalue weighted by Crippen LogP contribution is 2.29. The molecule has 30 heavy (non-hydrogen) atoms. The Bertz CT molecular complexity index is 1110. The van der Waals surface area contributed by atoms with Crippen molar-refractivity contribution in [2.75, 3.05) is 5.75 Å². The molecule has 0 unspecified atom stereocenters. The lowest BCUT2D eigenvalue weighted by Gasteiger charge is -2.11. The van der Waals surface area contributed by atoms with Crippen LogP contribution < -0.4 is 5.32 Å². The molecule has 2 N–H and O–H groups in total. The summed E-state index contributed by atoms with van der Waals surface area (Å²) in [4.78, 5) is 21.4. The maximum Gasteiger partial charge on any atom is 0.230 e. The molecular weight excluding hydrogens is 410 g/mol. The molecule has 1 amide bonds. The summed E-state index contributed by atoms with van der Waals surface area (Å²) < 4.78 is 0. The summed E-state index contributed by atoms with van der Waals surface area (Å²) >= 11 is 3.28. The molecular formula is C24H23N3OS2. The minimum Gasteiger partial charge on any atom is -0.351 e. The van der Waals surface area contributed by atoms with Crippen molar-refractivity contribution in [1.29, 1.82) is 0 Å². The maximum absolute atomic E-state index is 12.2. The summed E-state index contributed by atoms with van der Waals surface area (Å²) in [6.07, 6.45) is 0. The van der Waals surface area contributed by atoms with E-state index in [9.17, 15) is 4.79 Å². The minimum absolute atomic E-state index is 0.0466. The van der Waals surface area contributed by atoms with E-state index in [2.05, 4.69) is 40.4 Å². The number of rotatable bonds is 8. The monoisotopic (exact) mass is 433 g/mol. The first kappa shape index (κ1) is 20.6. The van der Waals surface area contributed by atoms with Crippen molar-refractivity contribution in [2.45, 2.75) is 29.3 Å². The van der Waals surface area contributed by atoms with Crippen molar-refractivity contribution in [1.82, 2.24) is 15.3 Å². The normalized spacial score (nSPS) is 11.0. The largest absolute Gasteiger partial charge is 0.351 e. The molecule has 0 aliphatic heterocycles. The van der Waals surface area contributed by atoms with Crippen LogP contribution in [0, 0.1) is 6.92 Å². The van der Waals surface area contributed by atoms with E-state index in [1.54, 1.807) is 23.5 Å². The standard InChI is InChI=1S/C24H23N3OS2/c1-17-19(15-30-24-26-20-11-5-6-12-21(20)27-24)10-7-13-22(17)29-16-23(28)25-14-18-8-3-2-4-9-18/h2-13H,14-16H2,1H3,(H,25,28)(H,26,27). The van der Waals surface area contributed by atoms with Crippen molar-refractivity contribution in [3.63, 3.8) is 0 Å². The van der Waals surface area contributed by atoms with Gasteiger partial charge in [0, 0.05) is 17.2 Å². The molecule has 4 rings (SSSR count). The maximum atomic E-state index is 12.2. The van der Waals surface area contributed by atoms with Crippen LogP contribution in [0.2, 0.25) is 0 Å². The van der Waals surface area contributed by atoms with E-state index >= 15 is 0 Å².